The first kappa shape index (κ1) is 54.6. The summed E-state index contributed by atoms with van der Waals surface area (Å²) in [6.07, 6.45) is -2.32. The van der Waals surface area contributed by atoms with Crippen molar-refractivity contribution in [2.24, 2.45) is 17.1 Å². The SMILES string of the molecule is CCCC[C@H](NC(=O)[C@H](CC(C)C)NC(=O)[C@@H](NC(=O)[C@H](Cc1ccccc1C)NC(=O)[C@H](CCC(=O)O)NC(=O)[C@H](CC(=O)O)NC(=O)CCC(=O)O)C(C)(C)C)C(=O)C(N)=O. The van der Waals surface area contributed by atoms with Crippen molar-refractivity contribution >= 4 is 65.0 Å². The van der Waals surface area contributed by atoms with Crippen LogP contribution in [-0.4, -0.2) is 117 Å². The molecule has 0 bridgehead atoms. The minimum absolute atomic E-state index is 0.0857. The van der Waals surface area contributed by atoms with Crippen LogP contribution in [0.4, 0.5) is 0 Å². The summed E-state index contributed by atoms with van der Waals surface area (Å²) in [5, 5.41) is 42.5. The molecule has 0 spiro atoms. The van der Waals surface area contributed by atoms with Gasteiger partial charge in [-0.3, -0.25) is 52.7 Å². The van der Waals surface area contributed by atoms with Crippen LogP contribution < -0.4 is 37.6 Å². The van der Waals surface area contributed by atoms with E-state index in [0.717, 1.165) is 0 Å². The Balaban J connectivity index is 3.59. The summed E-state index contributed by atoms with van der Waals surface area (Å²) in [5.74, 6) is -12.4. The molecule has 1 aromatic carbocycles. The van der Waals surface area contributed by atoms with Gasteiger partial charge in [0.05, 0.1) is 18.9 Å². The van der Waals surface area contributed by atoms with Gasteiger partial charge in [-0.15, -0.1) is 0 Å². The quantitative estimate of drug-likeness (QED) is 0.0495. The third-order valence-corrected chi connectivity index (χ3v) is 9.67. The number of aryl methyl sites for hydroxylation is 1. The van der Waals surface area contributed by atoms with Crippen LogP contribution in [0, 0.1) is 18.3 Å². The maximum Gasteiger partial charge on any atom is 0.305 e. The van der Waals surface area contributed by atoms with E-state index in [1.54, 1.807) is 65.8 Å². The summed E-state index contributed by atoms with van der Waals surface area (Å²) in [6, 6.07) is -2.05. The van der Waals surface area contributed by atoms with E-state index in [1.165, 1.54) is 0 Å². The zero-order chi connectivity index (χ0) is 48.2. The molecule has 0 aliphatic carbocycles. The van der Waals surface area contributed by atoms with Crippen molar-refractivity contribution in [3.63, 3.8) is 0 Å². The van der Waals surface area contributed by atoms with Crippen molar-refractivity contribution in [1.29, 1.82) is 0 Å². The number of benzene rings is 1. The van der Waals surface area contributed by atoms with Gasteiger partial charge in [0.25, 0.3) is 5.91 Å². The number of amides is 7. The Morgan fingerprint density at radius 1 is 0.619 bits per heavy atom. The van der Waals surface area contributed by atoms with Gasteiger partial charge in [-0.2, -0.15) is 0 Å². The second kappa shape index (κ2) is 26.2. The van der Waals surface area contributed by atoms with Crippen LogP contribution in [0.2, 0.25) is 0 Å². The highest BCUT2D eigenvalue weighted by atomic mass is 16.4. The van der Waals surface area contributed by atoms with Gasteiger partial charge in [-0.05, 0) is 48.6 Å². The van der Waals surface area contributed by atoms with Gasteiger partial charge in [-0.25, -0.2) is 0 Å². The molecule has 21 nitrogen and oxygen atoms in total. The van der Waals surface area contributed by atoms with Gasteiger partial charge in [0.15, 0.2) is 0 Å². The number of ketones is 1. The molecule has 1 rings (SSSR count). The van der Waals surface area contributed by atoms with Crippen LogP contribution in [0.5, 0.6) is 0 Å². The van der Waals surface area contributed by atoms with Gasteiger partial charge in [0.1, 0.15) is 30.2 Å². The Morgan fingerprint density at radius 3 is 1.67 bits per heavy atom. The normalized spacial score (nSPS) is 14.0. The highest BCUT2D eigenvalue weighted by Crippen LogP contribution is 2.21. The lowest BCUT2D eigenvalue weighted by atomic mass is 9.85. The van der Waals surface area contributed by atoms with Crippen LogP contribution in [0.25, 0.3) is 0 Å². The number of carbonyl (C=O) groups is 11. The summed E-state index contributed by atoms with van der Waals surface area (Å²) >= 11 is 0. The van der Waals surface area contributed by atoms with E-state index in [2.05, 4.69) is 31.9 Å². The maximum absolute atomic E-state index is 14.3. The molecule has 0 heterocycles. The predicted octanol–water partition coefficient (Wildman–Crippen LogP) is -0.0126. The van der Waals surface area contributed by atoms with Crippen LogP contribution in [-0.2, 0) is 59.2 Å². The number of primary amides is 1. The van der Waals surface area contributed by atoms with Crippen molar-refractivity contribution in [2.45, 2.75) is 149 Å². The van der Waals surface area contributed by atoms with Gasteiger partial charge < -0.3 is 53.0 Å². The number of aliphatic carboxylic acids is 3. The van der Waals surface area contributed by atoms with Crippen LogP contribution in [0.3, 0.4) is 0 Å². The van der Waals surface area contributed by atoms with Gasteiger partial charge >= 0.3 is 17.9 Å². The molecule has 350 valence electrons. The fourth-order valence-electron chi connectivity index (χ4n) is 6.22. The monoisotopic (exact) mass is 889 g/mol. The lowest BCUT2D eigenvalue weighted by Gasteiger charge is -2.34. The largest absolute Gasteiger partial charge is 0.481 e. The van der Waals surface area contributed by atoms with E-state index in [4.69, 9.17) is 10.8 Å². The number of Topliss-reactive ketones (excluding diaryl/α,β-unsaturated/α-hetero) is 1. The molecule has 0 aliphatic rings. The third-order valence-electron chi connectivity index (χ3n) is 9.67. The summed E-state index contributed by atoms with van der Waals surface area (Å²) < 4.78 is 0. The zero-order valence-electron chi connectivity index (χ0n) is 36.8. The number of hydrogen-bond donors (Lipinski definition) is 10. The number of carbonyl (C=O) groups excluding carboxylic acids is 8. The number of hydrogen-bond acceptors (Lipinski definition) is 11. The molecule has 63 heavy (non-hydrogen) atoms. The number of nitrogens with two attached hydrogens (primary N) is 1. The number of rotatable bonds is 28. The number of carboxylic acid groups (broad SMARTS) is 3. The van der Waals surface area contributed by atoms with Crippen LogP contribution in [0.15, 0.2) is 24.3 Å². The molecule has 0 unspecified atom stereocenters. The van der Waals surface area contributed by atoms with Gasteiger partial charge in [0.2, 0.25) is 41.2 Å². The summed E-state index contributed by atoms with van der Waals surface area (Å²) in [4.78, 5) is 140. The molecule has 0 fully saturated rings. The zero-order valence-corrected chi connectivity index (χ0v) is 36.8. The Hall–Kier alpha value is -6.41. The molecule has 1 aromatic rings. The van der Waals surface area contributed by atoms with E-state index < -0.39 is 139 Å². The molecular formula is C42H63N7O14. The Bertz CT molecular complexity index is 1840. The first-order valence-electron chi connectivity index (χ1n) is 20.6. The smallest absolute Gasteiger partial charge is 0.305 e. The lowest BCUT2D eigenvalue weighted by molar-refractivity contribution is -0.142. The van der Waals surface area contributed by atoms with Crippen LogP contribution >= 0.6 is 0 Å². The molecule has 0 saturated carbocycles. The van der Waals surface area contributed by atoms with Crippen molar-refractivity contribution in [1.82, 2.24) is 31.9 Å². The topological polar surface area (TPSA) is 347 Å². The molecule has 6 atom stereocenters. The molecule has 11 N–H and O–H groups in total. The lowest BCUT2D eigenvalue weighted by Crippen LogP contribution is -2.62. The fraction of sp³-hybridized carbons (Fsp3) is 0.595. The average molecular weight is 890 g/mol. The van der Waals surface area contributed by atoms with Gasteiger partial charge in [0, 0.05) is 19.3 Å². The predicted molar refractivity (Wildman–Crippen MR) is 225 cm³/mol. The van der Waals surface area contributed by atoms with Crippen molar-refractivity contribution in [3.05, 3.63) is 35.4 Å². The van der Waals surface area contributed by atoms with E-state index in [0.29, 0.717) is 24.0 Å². The van der Waals surface area contributed by atoms with E-state index >= 15 is 0 Å². The maximum atomic E-state index is 14.3. The minimum Gasteiger partial charge on any atom is -0.481 e. The molecule has 21 heteroatoms. The summed E-state index contributed by atoms with van der Waals surface area (Å²) in [7, 11) is 0. The molecule has 0 saturated heterocycles. The first-order chi connectivity index (χ1) is 29.3. The summed E-state index contributed by atoms with van der Waals surface area (Å²) in [6.45, 7) is 12.0. The minimum atomic E-state index is -1.81. The Labute approximate surface area is 365 Å². The number of unbranched alkanes of at least 4 members (excludes halogenated alkanes) is 1. The average Bonchev–Trinajstić information content (AvgIpc) is 3.17. The molecule has 0 aromatic heterocycles. The number of nitrogens with one attached hydrogen (secondary N) is 6. The molecule has 0 radical (unpaired) electrons. The highest BCUT2D eigenvalue weighted by Gasteiger charge is 2.39. The highest BCUT2D eigenvalue weighted by molar-refractivity contribution is 6.37. The molecular weight excluding hydrogens is 826 g/mol. The van der Waals surface area contributed by atoms with E-state index in [1.807, 2.05) is 6.92 Å². The molecule has 7 amide bonds. The Kier molecular flexibility index (Phi) is 22.7. The van der Waals surface area contributed by atoms with Gasteiger partial charge in [-0.1, -0.05) is 78.6 Å². The standard InChI is InChI=1S/C42H63N7O14/c1-8-9-14-25(34(57)36(43)58)45-38(60)27(19-22(2)3)48-41(63)35(42(5,6)7)49-40(62)28(20-24-13-11-10-12-23(24)4)47-37(59)26(15-17-31(51)52)46-39(61)29(21-33(55)56)44-30(50)16-18-32(53)54/h10-13,22,25-29,35H,8-9,14-21H2,1-7H3,(H2,43,58)(H,44,50)(H,45,60)(H,46,61)(H,47,59)(H,48,63)(H,49,62)(H,51,52)(H,53,54)(H,55,56)/t25-,26-,27-,28-,29-,35+/m0/s1. The second-order valence-corrected chi connectivity index (χ2v) is 16.7. The fourth-order valence-corrected chi connectivity index (χ4v) is 6.22. The van der Waals surface area contributed by atoms with Crippen molar-refractivity contribution in [2.75, 3.05) is 0 Å². The number of carboxylic acids is 3. The van der Waals surface area contributed by atoms with E-state index in [-0.39, 0.29) is 25.2 Å². The van der Waals surface area contributed by atoms with Crippen LogP contribution in [0.1, 0.15) is 110 Å². The van der Waals surface area contributed by atoms with Crippen molar-refractivity contribution < 1.29 is 68.1 Å². The summed E-state index contributed by atoms with van der Waals surface area (Å²) in [5.41, 5.74) is 5.45. The van der Waals surface area contributed by atoms with E-state index in [9.17, 15) is 63.0 Å². The third kappa shape index (κ3) is 20.3. The second-order valence-electron chi connectivity index (χ2n) is 16.7. The molecule has 0 aliphatic heterocycles. The van der Waals surface area contributed by atoms with Crippen molar-refractivity contribution in [3.8, 4) is 0 Å². The Morgan fingerprint density at radius 2 is 1.14 bits per heavy atom. The first-order valence-corrected chi connectivity index (χ1v) is 20.6.